The van der Waals surface area contributed by atoms with Crippen LogP contribution in [0.15, 0.2) is 48.5 Å². The number of aliphatic hydroxyl groups is 1. The second kappa shape index (κ2) is 10.6. The standard InChI is InChI=1S/C29H25ClF6N2O4/c1-15-25(16-9-18(28(31,32)33)11-19(10-16)29(34,35)36)42-26(40)38(15)13-22-20(4-6-24(30)37-22)21-12-17(3-5-23(21)41-2)27(14-39)7-8-27/h3-6,9-12,15,25,39H,7-8,13-14H2,1-2H3/t15-,25-/m0/s1. The highest BCUT2D eigenvalue weighted by atomic mass is 35.5. The van der Waals surface area contributed by atoms with E-state index in [1.165, 1.54) is 18.9 Å². The third-order valence-electron chi connectivity index (χ3n) is 7.85. The fraction of sp³-hybridized carbons (Fsp3) is 0.379. The van der Waals surface area contributed by atoms with E-state index in [2.05, 4.69) is 4.98 Å². The van der Waals surface area contributed by atoms with Gasteiger partial charge in [0.1, 0.15) is 17.0 Å². The van der Waals surface area contributed by atoms with Gasteiger partial charge >= 0.3 is 18.4 Å². The second-order valence-electron chi connectivity index (χ2n) is 10.5. The molecule has 0 spiro atoms. The molecule has 2 aliphatic rings. The zero-order valence-corrected chi connectivity index (χ0v) is 23.1. The summed E-state index contributed by atoms with van der Waals surface area (Å²) < 4.78 is 91.7. The van der Waals surface area contributed by atoms with E-state index >= 15 is 0 Å². The molecule has 13 heteroatoms. The highest BCUT2D eigenvalue weighted by molar-refractivity contribution is 6.29. The molecule has 2 atom stereocenters. The minimum Gasteiger partial charge on any atom is -0.496 e. The largest absolute Gasteiger partial charge is 0.496 e. The zero-order chi connectivity index (χ0) is 30.6. The van der Waals surface area contributed by atoms with Crippen molar-refractivity contribution in [2.75, 3.05) is 13.7 Å². The SMILES string of the molecule is COc1ccc(C2(CO)CC2)cc1-c1ccc(Cl)nc1CN1C(=O)O[C@H](c2cc(C(F)(F)F)cc(C(F)(F)F)c2)[C@@H]1C. The van der Waals surface area contributed by atoms with Crippen LogP contribution in [0.5, 0.6) is 5.75 Å². The number of alkyl halides is 6. The van der Waals surface area contributed by atoms with Crippen LogP contribution in [0.3, 0.4) is 0 Å². The van der Waals surface area contributed by atoms with Crippen LogP contribution in [0, 0.1) is 0 Å². The third-order valence-corrected chi connectivity index (χ3v) is 8.06. The number of ether oxygens (including phenoxy) is 2. The Morgan fingerprint density at radius 3 is 2.21 bits per heavy atom. The monoisotopic (exact) mass is 614 g/mol. The van der Waals surface area contributed by atoms with Gasteiger partial charge in [-0.2, -0.15) is 26.3 Å². The molecular weight excluding hydrogens is 590 g/mol. The van der Waals surface area contributed by atoms with Gasteiger partial charge in [-0.25, -0.2) is 9.78 Å². The van der Waals surface area contributed by atoms with E-state index in [4.69, 9.17) is 21.1 Å². The number of hydrogen-bond donors (Lipinski definition) is 1. The van der Waals surface area contributed by atoms with Crippen LogP contribution in [0.2, 0.25) is 5.15 Å². The smallest absolute Gasteiger partial charge is 0.416 e. The summed E-state index contributed by atoms with van der Waals surface area (Å²) in [6.07, 6.45) is -10.8. The molecule has 2 fully saturated rings. The van der Waals surface area contributed by atoms with Gasteiger partial charge in [-0.1, -0.05) is 17.7 Å². The highest BCUT2D eigenvalue weighted by Gasteiger charge is 2.45. The second-order valence-corrected chi connectivity index (χ2v) is 10.9. The number of aliphatic hydroxyl groups excluding tert-OH is 1. The molecule has 6 nitrogen and oxygen atoms in total. The topological polar surface area (TPSA) is 71.9 Å². The molecule has 5 rings (SSSR count). The first-order valence-electron chi connectivity index (χ1n) is 12.9. The van der Waals surface area contributed by atoms with E-state index < -0.39 is 47.3 Å². The highest BCUT2D eigenvalue weighted by Crippen LogP contribution is 2.50. The van der Waals surface area contributed by atoms with E-state index in [0.29, 0.717) is 34.7 Å². The van der Waals surface area contributed by atoms with Crippen LogP contribution >= 0.6 is 11.6 Å². The molecule has 0 bridgehead atoms. The lowest BCUT2D eigenvalue weighted by atomic mass is 9.92. The van der Waals surface area contributed by atoms with Crippen LogP contribution in [0.4, 0.5) is 31.1 Å². The van der Waals surface area contributed by atoms with E-state index in [0.717, 1.165) is 18.4 Å². The van der Waals surface area contributed by atoms with Crippen molar-refractivity contribution in [2.24, 2.45) is 0 Å². The maximum Gasteiger partial charge on any atom is 0.416 e. The Hall–Kier alpha value is -3.51. The lowest BCUT2D eigenvalue weighted by Gasteiger charge is -2.23. The summed E-state index contributed by atoms with van der Waals surface area (Å²) in [6.45, 7) is 1.22. The first kappa shape index (κ1) is 30.0. The molecule has 3 aromatic rings. The van der Waals surface area contributed by atoms with Crippen LogP contribution in [-0.4, -0.2) is 40.8 Å². The minimum absolute atomic E-state index is 0.0228. The number of methoxy groups -OCH3 is 1. The molecule has 1 saturated carbocycles. The maximum absolute atomic E-state index is 13.5. The van der Waals surface area contributed by atoms with Crippen molar-refractivity contribution in [3.8, 4) is 16.9 Å². The number of aromatic nitrogens is 1. The third kappa shape index (κ3) is 5.61. The average Bonchev–Trinajstić information content (AvgIpc) is 3.69. The first-order chi connectivity index (χ1) is 19.7. The number of carbonyl (C=O) groups excluding carboxylic acids is 1. The lowest BCUT2D eigenvalue weighted by molar-refractivity contribution is -0.143. The van der Waals surface area contributed by atoms with Gasteiger partial charge in [0.25, 0.3) is 0 Å². The Morgan fingerprint density at radius 1 is 1.02 bits per heavy atom. The number of halogens is 7. The van der Waals surface area contributed by atoms with Crippen molar-refractivity contribution in [1.29, 1.82) is 0 Å². The minimum atomic E-state index is -5.05. The van der Waals surface area contributed by atoms with Gasteiger partial charge in [0.05, 0.1) is 43.1 Å². The van der Waals surface area contributed by atoms with Crippen molar-refractivity contribution >= 4 is 17.7 Å². The molecular formula is C29H25ClF6N2O4. The van der Waals surface area contributed by atoms with Crippen molar-refractivity contribution in [3.63, 3.8) is 0 Å². The van der Waals surface area contributed by atoms with E-state index in [-0.39, 0.29) is 29.8 Å². The predicted octanol–water partition coefficient (Wildman–Crippen LogP) is 7.55. The fourth-order valence-electron chi connectivity index (χ4n) is 5.24. The maximum atomic E-state index is 13.5. The summed E-state index contributed by atoms with van der Waals surface area (Å²) in [4.78, 5) is 18.5. The van der Waals surface area contributed by atoms with Crippen molar-refractivity contribution in [2.45, 2.75) is 56.2 Å². The number of cyclic esters (lactones) is 1. The van der Waals surface area contributed by atoms with Crippen molar-refractivity contribution in [1.82, 2.24) is 9.88 Å². The quantitative estimate of drug-likeness (QED) is 0.220. The molecule has 2 heterocycles. The van der Waals surface area contributed by atoms with Gasteiger partial charge in [-0.3, -0.25) is 4.90 Å². The molecule has 1 saturated heterocycles. The van der Waals surface area contributed by atoms with E-state index in [9.17, 15) is 36.2 Å². The van der Waals surface area contributed by atoms with Gasteiger partial charge in [0.15, 0.2) is 0 Å². The zero-order valence-electron chi connectivity index (χ0n) is 22.3. The Morgan fingerprint density at radius 2 is 1.67 bits per heavy atom. The number of amides is 1. The number of nitrogens with zero attached hydrogens (tertiary/aromatic N) is 2. The first-order valence-corrected chi connectivity index (χ1v) is 13.3. The number of carbonyl (C=O) groups is 1. The van der Waals surface area contributed by atoms with Crippen LogP contribution in [0.25, 0.3) is 11.1 Å². The predicted molar refractivity (Wildman–Crippen MR) is 140 cm³/mol. The van der Waals surface area contributed by atoms with Crippen LogP contribution < -0.4 is 4.74 Å². The van der Waals surface area contributed by atoms with Gasteiger partial charge < -0.3 is 14.6 Å². The fourth-order valence-corrected chi connectivity index (χ4v) is 5.41. The Labute approximate surface area is 241 Å². The van der Waals surface area contributed by atoms with Crippen molar-refractivity contribution < 1.29 is 45.7 Å². The normalized spacial score (nSPS) is 20.0. The van der Waals surface area contributed by atoms with Crippen LogP contribution in [0.1, 0.15) is 53.8 Å². The van der Waals surface area contributed by atoms with Gasteiger partial charge in [-0.15, -0.1) is 0 Å². The Bertz CT molecular complexity index is 1490. The van der Waals surface area contributed by atoms with Crippen LogP contribution in [-0.2, 0) is 29.0 Å². The molecule has 0 unspecified atom stereocenters. The Balaban J connectivity index is 1.51. The Kier molecular flexibility index (Phi) is 7.59. The van der Waals surface area contributed by atoms with E-state index in [1.807, 2.05) is 12.1 Å². The van der Waals surface area contributed by atoms with Gasteiger partial charge in [0.2, 0.25) is 0 Å². The summed E-state index contributed by atoms with van der Waals surface area (Å²) in [6, 6.07) is 8.88. The molecule has 224 valence electrons. The molecule has 1 N–H and O–H groups in total. The molecule has 1 aromatic heterocycles. The summed E-state index contributed by atoms with van der Waals surface area (Å²) in [5, 5.41) is 10.0. The molecule has 2 aromatic carbocycles. The molecule has 42 heavy (non-hydrogen) atoms. The van der Waals surface area contributed by atoms with Gasteiger partial charge in [0, 0.05) is 16.5 Å². The number of hydrogen-bond acceptors (Lipinski definition) is 5. The molecule has 1 aliphatic carbocycles. The molecule has 0 radical (unpaired) electrons. The van der Waals surface area contributed by atoms with Gasteiger partial charge in [-0.05, 0) is 73.4 Å². The molecule has 1 aliphatic heterocycles. The lowest BCUT2D eigenvalue weighted by Crippen LogP contribution is -2.32. The van der Waals surface area contributed by atoms with Crippen molar-refractivity contribution in [3.05, 3.63) is 81.6 Å². The molecule has 1 amide bonds. The number of rotatable bonds is 7. The summed E-state index contributed by atoms with van der Waals surface area (Å²) in [5.74, 6) is 0.483. The summed E-state index contributed by atoms with van der Waals surface area (Å²) in [7, 11) is 1.48. The summed E-state index contributed by atoms with van der Waals surface area (Å²) >= 11 is 6.19. The summed E-state index contributed by atoms with van der Waals surface area (Å²) in [5.41, 5.74) is -1.47. The van der Waals surface area contributed by atoms with E-state index in [1.54, 1.807) is 18.2 Å². The number of pyridine rings is 1. The average molecular weight is 615 g/mol. The number of benzene rings is 2.